The maximum atomic E-state index is 13.7. The Kier molecular flexibility index (Phi) is 3.04. The highest BCUT2D eigenvalue weighted by Gasteiger charge is 2.09. The van der Waals surface area contributed by atoms with Gasteiger partial charge in [-0.15, -0.1) is 0 Å². The van der Waals surface area contributed by atoms with Gasteiger partial charge in [-0.05, 0) is 29.8 Å². The smallest absolute Gasteiger partial charge is 0.134 e. The molecule has 0 heterocycles. The van der Waals surface area contributed by atoms with Crippen molar-refractivity contribution in [3.05, 3.63) is 53.8 Å². The van der Waals surface area contributed by atoms with Gasteiger partial charge in [0.1, 0.15) is 23.2 Å². The molecule has 88 valence electrons. The molecule has 0 saturated heterocycles. The molecule has 2 rings (SSSR count). The van der Waals surface area contributed by atoms with E-state index in [-0.39, 0.29) is 11.1 Å². The number of methoxy groups -OCH3 is 1. The second-order valence-electron chi connectivity index (χ2n) is 3.50. The Morgan fingerprint density at radius 3 is 2.06 bits per heavy atom. The summed E-state index contributed by atoms with van der Waals surface area (Å²) in [5.74, 6) is -1.72. The monoisotopic (exact) mass is 238 g/mol. The molecule has 0 aromatic heterocycles. The standard InChI is InChI=1S/C13H9F3O/c1-17-11-2-3-12(13(16)7-11)8-4-9(14)6-10(15)5-8/h2-7H,1H3. The third-order valence-corrected chi connectivity index (χ3v) is 2.35. The summed E-state index contributed by atoms with van der Waals surface area (Å²) in [6.45, 7) is 0. The lowest BCUT2D eigenvalue weighted by molar-refractivity contribution is 0.411. The van der Waals surface area contributed by atoms with E-state index in [1.807, 2.05) is 0 Å². The average Bonchev–Trinajstić information content (AvgIpc) is 2.27. The van der Waals surface area contributed by atoms with E-state index < -0.39 is 17.5 Å². The molecule has 0 saturated carbocycles. The van der Waals surface area contributed by atoms with Crippen molar-refractivity contribution in [1.82, 2.24) is 0 Å². The van der Waals surface area contributed by atoms with Gasteiger partial charge >= 0.3 is 0 Å². The van der Waals surface area contributed by atoms with Crippen molar-refractivity contribution in [2.45, 2.75) is 0 Å². The van der Waals surface area contributed by atoms with Gasteiger partial charge in [-0.25, -0.2) is 13.2 Å². The molecule has 0 amide bonds. The van der Waals surface area contributed by atoms with Crippen molar-refractivity contribution in [3.63, 3.8) is 0 Å². The normalized spacial score (nSPS) is 10.4. The van der Waals surface area contributed by atoms with Gasteiger partial charge in [0.2, 0.25) is 0 Å². The summed E-state index contributed by atoms with van der Waals surface area (Å²) in [6.07, 6.45) is 0. The molecular weight excluding hydrogens is 229 g/mol. The average molecular weight is 238 g/mol. The lowest BCUT2D eigenvalue weighted by Crippen LogP contribution is -1.90. The van der Waals surface area contributed by atoms with Crippen LogP contribution in [0.4, 0.5) is 13.2 Å². The van der Waals surface area contributed by atoms with Gasteiger partial charge in [-0.1, -0.05) is 0 Å². The maximum absolute atomic E-state index is 13.7. The van der Waals surface area contributed by atoms with Crippen molar-refractivity contribution in [2.75, 3.05) is 7.11 Å². The fraction of sp³-hybridized carbons (Fsp3) is 0.0769. The number of halogens is 3. The minimum absolute atomic E-state index is 0.129. The summed E-state index contributed by atoms with van der Waals surface area (Å²) < 4.78 is 44.5. The molecule has 0 atom stereocenters. The molecule has 0 N–H and O–H groups in total. The number of benzene rings is 2. The molecule has 0 fully saturated rings. The van der Waals surface area contributed by atoms with Crippen LogP contribution in [0.5, 0.6) is 5.75 Å². The Balaban J connectivity index is 2.52. The lowest BCUT2D eigenvalue weighted by atomic mass is 10.0. The van der Waals surface area contributed by atoms with Crippen molar-refractivity contribution < 1.29 is 17.9 Å². The number of hydrogen-bond donors (Lipinski definition) is 0. The zero-order valence-electron chi connectivity index (χ0n) is 9.01. The van der Waals surface area contributed by atoms with Gasteiger partial charge in [0.25, 0.3) is 0 Å². The van der Waals surface area contributed by atoms with Gasteiger partial charge in [0, 0.05) is 17.7 Å². The zero-order valence-corrected chi connectivity index (χ0v) is 9.01. The molecule has 17 heavy (non-hydrogen) atoms. The quantitative estimate of drug-likeness (QED) is 0.773. The molecule has 2 aromatic carbocycles. The molecule has 1 nitrogen and oxygen atoms in total. The molecule has 0 spiro atoms. The van der Waals surface area contributed by atoms with E-state index in [1.165, 1.54) is 19.2 Å². The van der Waals surface area contributed by atoms with Crippen LogP contribution < -0.4 is 4.74 Å². The Labute approximate surface area is 96.5 Å². The predicted octanol–water partition coefficient (Wildman–Crippen LogP) is 3.78. The molecule has 4 heteroatoms. The Morgan fingerprint density at radius 2 is 1.53 bits per heavy atom. The van der Waals surface area contributed by atoms with Gasteiger partial charge in [0.15, 0.2) is 0 Å². The third-order valence-electron chi connectivity index (χ3n) is 2.35. The number of hydrogen-bond acceptors (Lipinski definition) is 1. The second kappa shape index (κ2) is 4.49. The first-order valence-electron chi connectivity index (χ1n) is 4.90. The van der Waals surface area contributed by atoms with Crippen LogP contribution in [0.15, 0.2) is 36.4 Å². The Bertz CT molecular complexity index is 532. The molecule has 0 aliphatic rings. The van der Waals surface area contributed by atoms with Crippen molar-refractivity contribution >= 4 is 0 Å². The fourth-order valence-corrected chi connectivity index (χ4v) is 1.57. The molecule has 0 bridgehead atoms. The fourth-order valence-electron chi connectivity index (χ4n) is 1.57. The summed E-state index contributed by atoms with van der Waals surface area (Å²) in [5, 5.41) is 0. The van der Waals surface area contributed by atoms with Crippen LogP contribution in [0.3, 0.4) is 0 Å². The van der Waals surface area contributed by atoms with Crippen molar-refractivity contribution in [2.24, 2.45) is 0 Å². The van der Waals surface area contributed by atoms with E-state index in [1.54, 1.807) is 0 Å². The molecule has 2 aromatic rings. The topological polar surface area (TPSA) is 9.23 Å². The maximum Gasteiger partial charge on any atom is 0.134 e. The van der Waals surface area contributed by atoms with Gasteiger partial charge in [-0.2, -0.15) is 0 Å². The van der Waals surface area contributed by atoms with E-state index in [0.717, 1.165) is 24.3 Å². The minimum Gasteiger partial charge on any atom is -0.497 e. The Morgan fingerprint density at radius 1 is 0.882 bits per heavy atom. The second-order valence-corrected chi connectivity index (χ2v) is 3.50. The molecule has 0 radical (unpaired) electrons. The van der Waals surface area contributed by atoms with Crippen LogP contribution in [0.2, 0.25) is 0 Å². The SMILES string of the molecule is COc1ccc(-c2cc(F)cc(F)c2)c(F)c1. The molecule has 0 aliphatic carbocycles. The highest BCUT2D eigenvalue weighted by atomic mass is 19.1. The number of rotatable bonds is 2. The molecule has 0 unspecified atom stereocenters. The summed E-state index contributed by atoms with van der Waals surface area (Å²) in [5.41, 5.74) is 0.284. The first-order chi connectivity index (χ1) is 8.10. The van der Waals surface area contributed by atoms with Crippen molar-refractivity contribution in [1.29, 1.82) is 0 Å². The van der Waals surface area contributed by atoms with E-state index in [0.29, 0.717) is 5.75 Å². The van der Waals surface area contributed by atoms with Crippen LogP contribution in [0.25, 0.3) is 11.1 Å². The molecule has 0 aliphatic heterocycles. The van der Waals surface area contributed by atoms with Crippen LogP contribution in [0.1, 0.15) is 0 Å². The van der Waals surface area contributed by atoms with Crippen LogP contribution in [0, 0.1) is 17.5 Å². The van der Waals surface area contributed by atoms with Crippen LogP contribution in [-0.2, 0) is 0 Å². The Hall–Kier alpha value is -1.97. The predicted molar refractivity (Wildman–Crippen MR) is 58.3 cm³/mol. The first kappa shape index (κ1) is 11.5. The molecular formula is C13H9F3O. The van der Waals surface area contributed by atoms with Crippen LogP contribution >= 0.6 is 0 Å². The number of ether oxygens (including phenoxy) is 1. The first-order valence-corrected chi connectivity index (χ1v) is 4.90. The van der Waals surface area contributed by atoms with E-state index in [4.69, 9.17) is 4.74 Å². The van der Waals surface area contributed by atoms with Crippen molar-refractivity contribution in [3.8, 4) is 16.9 Å². The summed E-state index contributed by atoms with van der Waals surface area (Å²) in [4.78, 5) is 0. The van der Waals surface area contributed by atoms with Gasteiger partial charge in [-0.3, -0.25) is 0 Å². The van der Waals surface area contributed by atoms with E-state index in [2.05, 4.69) is 0 Å². The largest absolute Gasteiger partial charge is 0.497 e. The van der Waals surface area contributed by atoms with E-state index >= 15 is 0 Å². The van der Waals surface area contributed by atoms with Gasteiger partial charge < -0.3 is 4.74 Å². The third kappa shape index (κ3) is 2.41. The lowest BCUT2D eigenvalue weighted by Gasteiger charge is -2.06. The minimum atomic E-state index is -0.741. The summed E-state index contributed by atoms with van der Waals surface area (Å²) in [7, 11) is 1.41. The van der Waals surface area contributed by atoms with Crippen LogP contribution in [-0.4, -0.2) is 7.11 Å². The zero-order chi connectivity index (χ0) is 12.4. The van der Waals surface area contributed by atoms with Gasteiger partial charge in [0.05, 0.1) is 7.11 Å². The van der Waals surface area contributed by atoms with E-state index in [9.17, 15) is 13.2 Å². The summed E-state index contributed by atoms with van der Waals surface area (Å²) in [6, 6.07) is 7.01. The summed E-state index contributed by atoms with van der Waals surface area (Å²) >= 11 is 0. The highest BCUT2D eigenvalue weighted by Crippen LogP contribution is 2.27. The highest BCUT2D eigenvalue weighted by molar-refractivity contribution is 5.65.